The van der Waals surface area contributed by atoms with Crippen molar-refractivity contribution in [2.24, 2.45) is 0 Å². The molecule has 104 valence electrons. The highest BCUT2D eigenvalue weighted by atomic mass is 19.4. The van der Waals surface area contributed by atoms with Crippen LogP contribution >= 0.6 is 0 Å². The van der Waals surface area contributed by atoms with Gasteiger partial charge in [0.05, 0.1) is 18.4 Å². The van der Waals surface area contributed by atoms with Gasteiger partial charge in [0.1, 0.15) is 5.75 Å². The maximum atomic E-state index is 12.8. The van der Waals surface area contributed by atoms with Gasteiger partial charge in [0.25, 0.3) is 0 Å². The molecule has 0 aliphatic rings. The molecule has 0 heterocycles. The predicted molar refractivity (Wildman–Crippen MR) is 65.2 cm³/mol. The van der Waals surface area contributed by atoms with Crippen LogP contribution in [0.2, 0.25) is 0 Å². The Balaban J connectivity index is 2.99. The van der Waals surface area contributed by atoms with E-state index in [1.807, 2.05) is 0 Å². The molecule has 2 N–H and O–H groups in total. The lowest BCUT2D eigenvalue weighted by atomic mass is 10.1. The van der Waals surface area contributed by atoms with Gasteiger partial charge in [0.15, 0.2) is 0 Å². The van der Waals surface area contributed by atoms with Crippen LogP contribution < -0.4 is 15.4 Å². The number of benzene rings is 1. The fourth-order valence-corrected chi connectivity index (χ4v) is 1.33. The lowest BCUT2D eigenvalue weighted by molar-refractivity contribution is -0.137. The van der Waals surface area contributed by atoms with Crippen LogP contribution in [0.15, 0.2) is 30.9 Å². The molecule has 0 aliphatic heterocycles. The van der Waals surface area contributed by atoms with E-state index in [4.69, 9.17) is 4.74 Å². The van der Waals surface area contributed by atoms with E-state index in [0.717, 1.165) is 12.1 Å². The second kappa shape index (κ2) is 6.12. The molecule has 0 aromatic heterocycles. The van der Waals surface area contributed by atoms with Gasteiger partial charge in [0.2, 0.25) is 0 Å². The van der Waals surface area contributed by atoms with Crippen LogP contribution in [0.25, 0.3) is 0 Å². The van der Waals surface area contributed by atoms with Gasteiger partial charge >= 0.3 is 12.2 Å². The normalized spacial score (nSPS) is 10.7. The number of rotatable bonds is 4. The number of alkyl halides is 3. The lowest BCUT2D eigenvalue weighted by Crippen LogP contribution is -2.29. The third-order valence-electron chi connectivity index (χ3n) is 2.19. The van der Waals surface area contributed by atoms with E-state index < -0.39 is 17.8 Å². The summed E-state index contributed by atoms with van der Waals surface area (Å²) < 4.78 is 43.2. The van der Waals surface area contributed by atoms with Crippen molar-refractivity contribution >= 4 is 11.7 Å². The number of hydrogen-bond acceptors (Lipinski definition) is 2. The molecule has 2 amide bonds. The molecule has 1 rings (SSSR count). The molecule has 0 fully saturated rings. The minimum absolute atomic E-state index is 0.0596. The van der Waals surface area contributed by atoms with Gasteiger partial charge in [0, 0.05) is 6.54 Å². The quantitative estimate of drug-likeness (QED) is 0.829. The highest BCUT2D eigenvalue weighted by Gasteiger charge is 2.34. The summed E-state index contributed by atoms with van der Waals surface area (Å²) in [5.41, 5.74) is -1.31. The Morgan fingerprint density at radius 2 is 2.16 bits per heavy atom. The summed E-state index contributed by atoms with van der Waals surface area (Å²) in [4.78, 5) is 11.3. The van der Waals surface area contributed by atoms with E-state index in [1.165, 1.54) is 19.3 Å². The summed E-state index contributed by atoms with van der Waals surface area (Å²) in [7, 11) is 1.26. The molecule has 0 radical (unpaired) electrons. The van der Waals surface area contributed by atoms with Crippen molar-refractivity contribution in [2.45, 2.75) is 6.18 Å². The van der Waals surface area contributed by atoms with E-state index in [0.29, 0.717) is 0 Å². The third-order valence-corrected chi connectivity index (χ3v) is 2.19. The maximum Gasteiger partial charge on any atom is 0.418 e. The Labute approximate surface area is 108 Å². The van der Waals surface area contributed by atoms with Crippen LogP contribution in [-0.2, 0) is 6.18 Å². The molecule has 0 spiro atoms. The Kier molecular flexibility index (Phi) is 4.80. The van der Waals surface area contributed by atoms with E-state index in [9.17, 15) is 18.0 Å². The van der Waals surface area contributed by atoms with E-state index in [-0.39, 0.29) is 18.0 Å². The molecule has 0 saturated carbocycles. The number of hydrogen-bond donors (Lipinski definition) is 2. The standard InChI is InChI=1S/C12H13F3N2O2/c1-3-6-16-11(18)17-10-5-4-8(19-2)7-9(10)12(13,14)15/h3-5,7H,1,6H2,2H3,(H2,16,17,18). The summed E-state index contributed by atoms with van der Waals surface area (Å²) in [6.07, 6.45) is -3.17. The molecule has 0 atom stereocenters. The van der Waals surface area contributed by atoms with Crippen LogP contribution in [0, 0.1) is 0 Å². The van der Waals surface area contributed by atoms with Crippen LogP contribution in [0.4, 0.5) is 23.7 Å². The topological polar surface area (TPSA) is 50.4 Å². The molecular formula is C12H13F3N2O2. The van der Waals surface area contributed by atoms with Gasteiger partial charge in [-0.15, -0.1) is 6.58 Å². The minimum atomic E-state index is -4.59. The average molecular weight is 274 g/mol. The SMILES string of the molecule is C=CCNC(=O)Nc1ccc(OC)cc1C(F)(F)F. The summed E-state index contributed by atoms with van der Waals surface area (Å²) in [6.45, 7) is 3.54. The zero-order valence-electron chi connectivity index (χ0n) is 10.2. The summed E-state index contributed by atoms with van der Waals surface area (Å²) in [6, 6.07) is 2.55. The summed E-state index contributed by atoms with van der Waals surface area (Å²) in [5, 5.41) is 4.45. The number of amides is 2. The molecule has 19 heavy (non-hydrogen) atoms. The molecule has 1 aromatic carbocycles. The molecule has 7 heteroatoms. The molecule has 4 nitrogen and oxygen atoms in total. The first-order valence-electron chi connectivity index (χ1n) is 5.29. The highest BCUT2D eigenvalue weighted by Crippen LogP contribution is 2.37. The van der Waals surface area contributed by atoms with Crippen LogP contribution in [0.3, 0.4) is 0 Å². The molecule has 0 aliphatic carbocycles. The smallest absolute Gasteiger partial charge is 0.418 e. The molecule has 0 unspecified atom stereocenters. The van der Waals surface area contributed by atoms with Gasteiger partial charge in [-0.05, 0) is 18.2 Å². The number of carbonyl (C=O) groups excluding carboxylic acids is 1. The fourth-order valence-electron chi connectivity index (χ4n) is 1.33. The van der Waals surface area contributed by atoms with Crippen molar-refractivity contribution in [3.8, 4) is 5.75 Å². The average Bonchev–Trinajstić information content (AvgIpc) is 2.35. The molecular weight excluding hydrogens is 261 g/mol. The van der Waals surface area contributed by atoms with Crippen molar-refractivity contribution in [1.82, 2.24) is 5.32 Å². The molecule has 0 saturated heterocycles. The first kappa shape index (κ1) is 14.9. The van der Waals surface area contributed by atoms with Crippen molar-refractivity contribution < 1.29 is 22.7 Å². The first-order chi connectivity index (χ1) is 8.88. The van der Waals surface area contributed by atoms with E-state index in [1.54, 1.807) is 0 Å². The predicted octanol–water partition coefficient (Wildman–Crippen LogP) is 3.02. The Bertz CT molecular complexity index is 473. The van der Waals surface area contributed by atoms with Crippen LogP contribution in [0.1, 0.15) is 5.56 Å². The van der Waals surface area contributed by atoms with Gasteiger partial charge in [-0.1, -0.05) is 6.08 Å². The van der Waals surface area contributed by atoms with Crippen molar-refractivity contribution in [2.75, 3.05) is 19.0 Å². The van der Waals surface area contributed by atoms with Gasteiger partial charge in [-0.3, -0.25) is 0 Å². The largest absolute Gasteiger partial charge is 0.497 e. The number of nitrogens with one attached hydrogen (secondary N) is 2. The van der Waals surface area contributed by atoms with Crippen molar-refractivity contribution in [1.29, 1.82) is 0 Å². The second-order valence-electron chi connectivity index (χ2n) is 3.53. The van der Waals surface area contributed by atoms with Crippen molar-refractivity contribution in [3.63, 3.8) is 0 Å². The third kappa shape index (κ3) is 4.20. The number of ether oxygens (including phenoxy) is 1. The second-order valence-corrected chi connectivity index (χ2v) is 3.53. The van der Waals surface area contributed by atoms with Gasteiger partial charge < -0.3 is 15.4 Å². The van der Waals surface area contributed by atoms with Gasteiger partial charge in [-0.25, -0.2) is 4.79 Å². The molecule has 0 bridgehead atoms. The van der Waals surface area contributed by atoms with Crippen molar-refractivity contribution in [3.05, 3.63) is 36.4 Å². The number of methoxy groups -OCH3 is 1. The number of halogens is 3. The summed E-state index contributed by atoms with van der Waals surface area (Å²) in [5.74, 6) is 0.0596. The number of anilines is 1. The first-order valence-corrected chi connectivity index (χ1v) is 5.29. The maximum absolute atomic E-state index is 12.8. The Hall–Kier alpha value is -2.18. The number of carbonyl (C=O) groups is 1. The Morgan fingerprint density at radius 3 is 2.68 bits per heavy atom. The van der Waals surface area contributed by atoms with Crippen LogP contribution in [-0.4, -0.2) is 19.7 Å². The van der Waals surface area contributed by atoms with Gasteiger partial charge in [-0.2, -0.15) is 13.2 Å². The molecule has 1 aromatic rings. The number of urea groups is 1. The Morgan fingerprint density at radius 1 is 1.47 bits per heavy atom. The monoisotopic (exact) mass is 274 g/mol. The summed E-state index contributed by atoms with van der Waals surface area (Å²) >= 11 is 0. The van der Waals surface area contributed by atoms with Crippen LogP contribution in [0.5, 0.6) is 5.75 Å². The fraction of sp³-hybridized carbons (Fsp3) is 0.250. The zero-order valence-corrected chi connectivity index (χ0v) is 10.2. The minimum Gasteiger partial charge on any atom is -0.497 e. The zero-order chi connectivity index (χ0) is 14.5. The van der Waals surface area contributed by atoms with E-state index >= 15 is 0 Å². The highest BCUT2D eigenvalue weighted by molar-refractivity contribution is 5.90. The van der Waals surface area contributed by atoms with E-state index in [2.05, 4.69) is 17.2 Å². The lowest BCUT2D eigenvalue weighted by Gasteiger charge is -2.15.